The van der Waals surface area contributed by atoms with Crippen molar-refractivity contribution in [1.29, 1.82) is 0 Å². The van der Waals surface area contributed by atoms with Gasteiger partial charge in [-0.3, -0.25) is 0 Å². The molecule has 0 bridgehead atoms. The van der Waals surface area contributed by atoms with Crippen molar-refractivity contribution in [3.8, 4) is 0 Å². The fourth-order valence-corrected chi connectivity index (χ4v) is 2.13. The first kappa shape index (κ1) is 18.8. The second-order valence-electron chi connectivity index (χ2n) is 5.32. The van der Waals surface area contributed by atoms with Crippen LogP contribution in [0.4, 0.5) is 0 Å². The molecule has 116 valence electrons. The third kappa shape index (κ3) is 13.3. The lowest BCUT2D eigenvalue weighted by atomic mass is 10.1. The molecule has 2 nitrogen and oxygen atoms in total. The quantitative estimate of drug-likeness (QED) is 0.248. The van der Waals surface area contributed by atoms with Crippen LogP contribution in [-0.2, 0) is 0 Å². The van der Waals surface area contributed by atoms with E-state index in [0.29, 0.717) is 0 Å². The van der Waals surface area contributed by atoms with Crippen LogP contribution in [0.25, 0.3) is 0 Å². The molecule has 0 saturated heterocycles. The minimum absolute atomic E-state index is 0.0910. The Hall–Kier alpha value is -1.18. The van der Waals surface area contributed by atoms with Crippen molar-refractivity contribution in [2.75, 3.05) is 0 Å². The predicted molar refractivity (Wildman–Crippen MR) is 88.1 cm³/mol. The van der Waals surface area contributed by atoms with E-state index in [1.165, 1.54) is 57.4 Å². The Bertz CT molecular complexity index is 301. The molecule has 0 saturated carbocycles. The van der Waals surface area contributed by atoms with Crippen molar-refractivity contribution in [1.82, 2.24) is 0 Å². The normalized spacial score (nSPS) is 13.3. The molecule has 0 atom stereocenters. The first-order valence-electron chi connectivity index (χ1n) is 8.13. The van der Waals surface area contributed by atoms with E-state index in [-0.39, 0.29) is 11.5 Å². The topological polar surface area (TPSA) is 40.5 Å². The zero-order valence-electron chi connectivity index (χ0n) is 13.3. The molecule has 0 aromatic heterocycles. The third-order valence-corrected chi connectivity index (χ3v) is 3.29. The van der Waals surface area contributed by atoms with Crippen LogP contribution in [0.15, 0.2) is 35.8 Å². The molecule has 0 fully saturated rings. The minimum Gasteiger partial charge on any atom is -0.508 e. The summed E-state index contributed by atoms with van der Waals surface area (Å²) in [5.74, 6) is 0.244. The number of aliphatic hydroxyl groups is 2. The summed E-state index contributed by atoms with van der Waals surface area (Å²) in [6.07, 6.45) is 19.1. The van der Waals surface area contributed by atoms with Gasteiger partial charge in [-0.25, -0.2) is 0 Å². The average molecular weight is 280 g/mol. The second kappa shape index (κ2) is 14.2. The summed E-state index contributed by atoms with van der Waals surface area (Å²) in [5.41, 5.74) is 0. The van der Waals surface area contributed by atoms with Gasteiger partial charge >= 0.3 is 0 Å². The van der Waals surface area contributed by atoms with Gasteiger partial charge in [0, 0.05) is 6.08 Å². The van der Waals surface area contributed by atoms with Gasteiger partial charge in [0.15, 0.2) is 0 Å². The maximum atomic E-state index is 9.56. The summed E-state index contributed by atoms with van der Waals surface area (Å²) < 4.78 is 0. The SMILES string of the molecule is CC=CC(O)=CC(O)=CCCCCCCCCCCC. The van der Waals surface area contributed by atoms with E-state index in [2.05, 4.69) is 6.92 Å². The molecule has 20 heavy (non-hydrogen) atoms. The fourth-order valence-electron chi connectivity index (χ4n) is 2.13. The summed E-state index contributed by atoms with van der Waals surface area (Å²) in [7, 11) is 0. The van der Waals surface area contributed by atoms with Gasteiger partial charge in [-0.1, -0.05) is 64.4 Å². The second-order valence-corrected chi connectivity index (χ2v) is 5.32. The van der Waals surface area contributed by atoms with E-state index in [4.69, 9.17) is 0 Å². The van der Waals surface area contributed by atoms with Crippen LogP contribution in [0, 0.1) is 0 Å². The molecule has 2 heteroatoms. The van der Waals surface area contributed by atoms with Gasteiger partial charge in [0.25, 0.3) is 0 Å². The van der Waals surface area contributed by atoms with Crippen LogP contribution in [0.2, 0.25) is 0 Å². The molecular weight excluding hydrogens is 248 g/mol. The number of aliphatic hydroxyl groups excluding tert-OH is 2. The van der Waals surface area contributed by atoms with Crippen molar-refractivity contribution >= 4 is 0 Å². The summed E-state index contributed by atoms with van der Waals surface area (Å²) in [5, 5.41) is 18.9. The van der Waals surface area contributed by atoms with E-state index < -0.39 is 0 Å². The van der Waals surface area contributed by atoms with Crippen molar-refractivity contribution < 1.29 is 10.2 Å². The zero-order valence-corrected chi connectivity index (χ0v) is 13.3. The Morgan fingerprint density at radius 2 is 1.35 bits per heavy atom. The highest BCUT2D eigenvalue weighted by molar-refractivity contribution is 5.20. The van der Waals surface area contributed by atoms with Gasteiger partial charge in [0.1, 0.15) is 11.5 Å². The number of hydrogen-bond donors (Lipinski definition) is 2. The molecule has 0 aliphatic heterocycles. The summed E-state index contributed by atoms with van der Waals surface area (Å²) in [4.78, 5) is 0. The van der Waals surface area contributed by atoms with Crippen LogP contribution in [-0.4, -0.2) is 10.2 Å². The molecule has 0 aromatic carbocycles. The van der Waals surface area contributed by atoms with Crippen molar-refractivity contribution in [3.63, 3.8) is 0 Å². The van der Waals surface area contributed by atoms with Gasteiger partial charge in [-0.15, -0.1) is 0 Å². The number of unbranched alkanes of at least 4 members (excludes halogenated alkanes) is 9. The highest BCUT2D eigenvalue weighted by Gasteiger charge is 1.93. The third-order valence-electron chi connectivity index (χ3n) is 3.29. The number of allylic oxidation sites excluding steroid dienone is 4. The number of hydrogen-bond acceptors (Lipinski definition) is 2. The standard InChI is InChI=1S/C18H32O2/c1-3-5-6-7-8-9-10-11-12-13-15-18(20)16-17(19)14-4-2/h4,14-16,19-20H,3,5-13H2,1-2H3. The van der Waals surface area contributed by atoms with E-state index in [1.807, 2.05) is 6.92 Å². The predicted octanol–water partition coefficient (Wildman–Crippen LogP) is 6.37. The molecule has 0 spiro atoms. The highest BCUT2D eigenvalue weighted by atomic mass is 16.3. The molecule has 0 heterocycles. The number of rotatable bonds is 12. The summed E-state index contributed by atoms with van der Waals surface area (Å²) in [6.45, 7) is 4.07. The Morgan fingerprint density at radius 1 is 0.800 bits per heavy atom. The first-order chi connectivity index (χ1) is 9.70. The first-order valence-corrected chi connectivity index (χ1v) is 8.13. The van der Waals surface area contributed by atoms with E-state index in [0.717, 1.165) is 12.8 Å². The Labute approximate surface area is 124 Å². The van der Waals surface area contributed by atoms with Gasteiger partial charge in [-0.2, -0.15) is 0 Å². The molecule has 0 amide bonds. The molecule has 0 aliphatic carbocycles. The molecular formula is C18H32O2. The van der Waals surface area contributed by atoms with Crippen LogP contribution < -0.4 is 0 Å². The van der Waals surface area contributed by atoms with Crippen molar-refractivity contribution in [2.45, 2.75) is 78.1 Å². The maximum Gasteiger partial charge on any atom is 0.118 e. The lowest BCUT2D eigenvalue weighted by Gasteiger charge is -2.01. The monoisotopic (exact) mass is 280 g/mol. The average Bonchev–Trinajstić information content (AvgIpc) is 2.41. The van der Waals surface area contributed by atoms with Crippen molar-refractivity contribution in [2.24, 2.45) is 0 Å². The largest absolute Gasteiger partial charge is 0.508 e. The molecule has 0 aromatic rings. The summed E-state index contributed by atoms with van der Waals surface area (Å²) >= 11 is 0. The molecule has 0 radical (unpaired) electrons. The highest BCUT2D eigenvalue weighted by Crippen LogP contribution is 2.11. The Morgan fingerprint density at radius 3 is 1.90 bits per heavy atom. The Kier molecular flexibility index (Phi) is 13.4. The summed E-state index contributed by atoms with van der Waals surface area (Å²) in [6, 6.07) is 0. The maximum absolute atomic E-state index is 9.56. The fraction of sp³-hybridized carbons (Fsp3) is 0.667. The molecule has 0 rings (SSSR count). The van der Waals surface area contributed by atoms with Crippen LogP contribution >= 0.6 is 0 Å². The van der Waals surface area contributed by atoms with Gasteiger partial charge < -0.3 is 10.2 Å². The van der Waals surface area contributed by atoms with E-state index in [1.54, 1.807) is 18.2 Å². The van der Waals surface area contributed by atoms with Crippen LogP contribution in [0.1, 0.15) is 78.1 Å². The minimum atomic E-state index is 0.0910. The lowest BCUT2D eigenvalue weighted by molar-refractivity contribution is 0.402. The van der Waals surface area contributed by atoms with E-state index in [9.17, 15) is 10.2 Å². The molecule has 0 unspecified atom stereocenters. The molecule has 2 N–H and O–H groups in total. The van der Waals surface area contributed by atoms with Gasteiger partial charge in [0.2, 0.25) is 0 Å². The van der Waals surface area contributed by atoms with Crippen molar-refractivity contribution in [3.05, 3.63) is 35.8 Å². The smallest absolute Gasteiger partial charge is 0.118 e. The van der Waals surface area contributed by atoms with Gasteiger partial charge in [0.05, 0.1) is 0 Å². The van der Waals surface area contributed by atoms with E-state index >= 15 is 0 Å². The zero-order chi connectivity index (χ0) is 15.1. The van der Waals surface area contributed by atoms with Crippen LogP contribution in [0.3, 0.4) is 0 Å². The lowest BCUT2D eigenvalue weighted by Crippen LogP contribution is -1.83. The molecule has 0 aliphatic rings. The Balaban J connectivity index is 3.49. The van der Waals surface area contributed by atoms with Gasteiger partial charge in [-0.05, 0) is 31.9 Å². The van der Waals surface area contributed by atoms with Crippen LogP contribution in [0.5, 0.6) is 0 Å².